The molecular formula is C17H16Cl2N4OS. The molecule has 5 nitrogen and oxygen atoms in total. The number of aromatic nitrogens is 2. The van der Waals surface area contributed by atoms with Gasteiger partial charge < -0.3 is 4.90 Å². The lowest BCUT2D eigenvalue weighted by molar-refractivity contribution is 0.247. The topological polar surface area (TPSA) is 40.9 Å². The highest BCUT2D eigenvalue weighted by atomic mass is 35.5. The standard InChI is InChI=1S/C17H16Cl2N4OS/c18-14-2-1-13(10-15(14)19)22-5-3-21(4-6-22)11-12-9-16(24)23-7-8-25-17(23)20-12/h1-2,7-10H,3-6,11H2. The smallest absolute Gasteiger partial charge is 0.258 e. The minimum atomic E-state index is -0.0179. The van der Waals surface area contributed by atoms with Crippen LogP contribution in [0.5, 0.6) is 0 Å². The van der Waals surface area contributed by atoms with Crippen molar-refractivity contribution in [3.63, 3.8) is 0 Å². The van der Waals surface area contributed by atoms with E-state index in [1.54, 1.807) is 16.7 Å². The first-order chi connectivity index (χ1) is 12.1. The predicted molar refractivity (Wildman–Crippen MR) is 103 cm³/mol. The van der Waals surface area contributed by atoms with E-state index < -0.39 is 0 Å². The number of fused-ring (bicyclic) bond motifs is 1. The van der Waals surface area contributed by atoms with Gasteiger partial charge in [-0.3, -0.25) is 14.1 Å². The lowest BCUT2D eigenvalue weighted by Crippen LogP contribution is -2.46. The minimum Gasteiger partial charge on any atom is -0.369 e. The van der Waals surface area contributed by atoms with Gasteiger partial charge in [-0.25, -0.2) is 4.98 Å². The Balaban J connectivity index is 1.42. The zero-order valence-electron chi connectivity index (χ0n) is 13.4. The van der Waals surface area contributed by atoms with Crippen molar-refractivity contribution in [1.29, 1.82) is 0 Å². The minimum absolute atomic E-state index is 0.0179. The van der Waals surface area contributed by atoms with Crippen LogP contribution < -0.4 is 10.5 Å². The third-order valence-electron chi connectivity index (χ3n) is 4.38. The number of rotatable bonds is 3. The third-order valence-corrected chi connectivity index (χ3v) is 5.88. The Hall–Kier alpha value is -1.60. The van der Waals surface area contributed by atoms with Gasteiger partial charge in [0.25, 0.3) is 5.56 Å². The van der Waals surface area contributed by atoms with Gasteiger partial charge in [0, 0.05) is 56.1 Å². The molecule has 0 atom stereocenters. The Bertz CT molecular complexity index is 963. The summed E-state index contributed by atoms with van der Waals surface area (Å²) in [6, 6.07) is 7.37. The van der Waals surface area contributed by atoms with E-state index >= 15 is 0 Å². The molecule has 1 fully saturated rings. The molecule has 4 rings (SSSR count). The number of benzene rings is 1. The highest BCUT2D eigenvalue weighted by Crippen LogP contribution is 2.27. The summed E-state index contributed by atoms with van der Waals surface area (Å²) in [5.41, 5.74) is 1.90. The van der Waals surface area contributed by atoms with Gasteiger partial charge in [0.2, 0.25) is 0 Å². The van der Waals surface area contributed by atoms with Crippen molar-refractivity contribution in [3.8, 4) is 0 Å². The summed E-state index contributed by atoms with van der Waals surface area (Å²) in [6.45, 7) is 4.31. The van der Waals surface area contributed by atoms with Crippen LogP contribution in [0, 0.1) is 0 Å². The Morgan fingerprint density at radius 2 is 1.88 bits per heavy atom. The summed E-state index contributed by atoms with van der Waals surface area (Å²) in [4.78, 5) is 22.0. The average Bonchev–Trinajstić information content (AvgIpc) is 3.07. The van der Waals surface area contributed by atoms with Crippen molar-refractivity contribution >= 4 is 45.2 Å². The number of anilines is 1. The maximum atomic E-state index is 12.1. The van der Waals surface area contributed by atoms with Gasteiger partial charge in [-0.05, 0) is 18.2 Å². The van der Waals surface area contributed by atoms with Crippen LogP contribution in [0.25, 0.3) is 4.96 Å². The third kappa shape index (κ3) is 3.53. The van der Waals surface area contributed by atoms with Gasteiger partial charge >= 0.3 is 0 Å². The fourth-order valence-corrected chi connectivity index (χ4v) is 4.07. The Morgan fingerprint density at radius 3 is 2.64 bits per heavy atom. The van der Waals surface area contributed by atoms with E-state index in [9.17, 15) is 4.79 Å². The summed E-state index contributed by atoms with van der Waals surface area (Å²) >= 11 is 13.6. The molecule has 3 heterocycles. The van der Waals surface area contributed by atoms with Crippen LogP contribution in [-0.4, -0.2) is 40.5 Å². The van der Waals surface area contributed by atoms with Gasteiger partial charge in [-0.15, -0.1) is 11.3 Å². The van der Waals surface area contributed by atoms with E-state index in [1.807, 2.05) is 23.6 Å². The molecule has 0 amide bonds. The van der Waals surface area contributed by atoms with Crippen molar-refractivity contribution in [2.24, 2.45) is 0 Å². The van der Waals surface area contributed by atoms with E-state index in [2.05, 4.69) is 14.8 Å². The summed E-state index contributed by atoms with van der Waals surface area (Å²) in [6.07, 6.45) is 1.76. The molecule has 130 valence electrons. The second-order valence-electron chi connectivity index (χ2n) is 6.00. The van der Waals surface area contributed by atoms with Gasteiger partial charge in [0.05, 0.1) is 15.7 Å². The monoisotopic (exact) mass is 394 g/mol. The van der Waals surface area contributed by atoms with Crippen molar-refractivity contribution < 1.29 is 0 Å². The second kappa shape index (κ2) is 6.96. The summed E-state index contributed by atoms with van der Waals surface area (Å²) < 4.78 is 1.58. The van der Waals surface area contributed by atoms with E-state index in [0.29, 0.717) is 16.6 Å². The lowest BCUT2D eigenvalue weighted by atomic mass is 10.2. The quantitative estimate of drug-likeness (QED) is 0.682. The zero-order valence-corrected chi connectivity index (χ0v) is 15.7. The average molecular weight is 395 g/mol. The van der Waals surface area contributed by atoms with Crippen LogP contribution in [-0.2, 0) is 6.54 Å². The molecule has 1 aliphatic rings. The van der Waals surface area contributed by atoms with E-state index in [1.165, 1.54) is 11.3 Å². The number of thiazole rings is 1. The molecule has 0 unspecified atom stereocenters. The summed E-state index contributed by atoms with van der Waals surface area (Å²) in [5.74, 6) is 0. The summed E-state index contributed by atoms with van der Waals surface area (Å²) in [7, 11) is 0. The maximum Gasteiger partial charge on any atom is 0.258 e. The Labute approximate surface area is 159 Å². The van der Waals surface area contributed by atoms with Crippen LogP contribution >= 0.6 is 34.5 Å². The van der Waals surface area contributed by atoms with Crippen LogP contribution in [0.15, 0.2) is 40.6 Å². The van der Waals surface area contributed by atoms with Crippen LogP contribution in [0.1, 0.15) is 5.69 Å². The molecule has 1 aliphatic heterocycles. The largest absolute Gasteiger partial charge is 0.369 e. The van der Waals surface area contributed by atoms with Crippen molar-refractivity contribution in [3.05, 3.63) is 61.9 Å². The first kappa shape index (κ1) is 16.8. The van der Waals surface area contributed by atoms with Crippen molar-refractivity contribution in [1.82, 2.24) is 14.3 Å². The van der Waals surface area contributed by atoms with Gasteiger partial charge in [0.1, 0.15) is 0 Å². The Morgan fingerprint density at radius 1 is 1.08 bits per heavy atom. The molecule has 8 heteroatoms. The van der Waals surface area contributed by atoms with E-state index in [0.717, 1.165) is 42.5 Å². The number of halogens is 2. The molecule has 0 saturated carbocycles. The van der Waals surface area contributed by atoms with Gasteiger partial charge in [-0.1, -0.05) is 23.2 Å². The molecule has 25 heavy (non-hydrogen) atoms. The number of piperazine rings is 1. The first-order valence-corrected chi connectivity index (χ1v) is 9.62. The molecule has 0 radical (unpaired) electrons. The number of hydrogen-bond acceptors (Lipinski definition) is 5. The molecule has 0 aliphatic carbocycles. The fraction of sp³-hybridized carbons (Fsp3) is 0.294. The van der Waals surface area contributed by atoms with Crippen LogP contribution in [0.4, 0.5) is 5.69 Å². The molecule has 1 saturated heterocycles. The predicted octanol–water partition coefficient (Wildman–Crippen LogP) is 3.39. The van der Waals surface area contributed by atoms with Crippen molar-refractivity contribution in [2.45, 2.75) is 6.54 Å². The van der Waals surface area contributed by atoms with Crippen molar-refractivity contribution in [2.75, 3.05) is 31.1 Å². The highest BCUT2D eigenvalue weighted by molar-refractivity contribution is 7.15. The number of hydrogen-bond donors (Lipinski definition) is 0. The number of nitrogens with zero attached hydrogens (tertiary/aromatic N) is 4. The maximum absolute atomic E-state index is 12.1. The van der Waals surface area contributed by atoms with Gasteiger partial charge in [-0.2, -0.15) is 0 Å². The normalized spacial score (nSPS) is 15.8. The fourth-order valence-electron chi connectivity index (χ4n) is 3.04. The highest BCUT2D eigenvalue weighted by Gasteiger charge is 2.19. The summed E-state index contributed by atoms with van der Waals surface area (Å²) in [5, 5.41) is 3.03. The molecule has 0 N–H and O–H groups in total. The van der Waals surface area contributed by atoms with Crippen LogP contribution in [0.2, 0.25) is 10.0 Å². The SMILES string of the molecule is O=c1cc(CN2CCN(c3ccc(Cl)c(Cl)c3)CC2)nc2sccn12. The molecular weight excluding hydrogens is 379 g/mol. The van der Waals surface area contributed by atoms with E-state index in [4.69, 9.17) is 23.2 Å². The van der Waals surface area contributed by atoms with Gasteiger partial charge in [0.15, 0.2) is 4.96 Å². The first-order valence-electron chi connectivity index (χ1n) is 7.98. The lowest BCUT2D eigenvalue weighted by Gasteiger charge is -2.36. The zero-order chi connectivity index (χ0) is 17.4. The van der Waals surface area contributed by atoms with E-state index in [-0.39, 0.29) is 5.56 Å². The molecule has 1 aromatic carbocycles. The molecule has 2 aromatic heterocycles. The molecule has 0 spiro atoms. The molecule has 3 aromatic rings. The Kier molecular flexibility index (Phi) is 4.69. The van der Waals surface area contributed by atoms with Crippen LogP contribution in [0.3, 0.4) is 0 Å². The second-order valence-corrected chi connectivity index (χ2v) is 7.69. The molecule has 0 bridgehead atoms.